The smallest absolute Gasteiger partial charge is 0.341 e. The highest BCUT2D eigenvalue weighted by Crippen LogP contribution is 2.33. The molecule has 0 aliphatic rings. The van der Waals surface area contributed by atoms with E-state index >= 15 is 0 Å². The Morgan fingerprint density at radius 3 is 2.46 bits per heavy atom. The molecule has 0 radical (unpaired) electrons. The van der Waals surface area contributed by atoms with Crippen LogP contribution in [0.4, 0.5) is 0 Å². The minimum atomic E-state index is -0.355. The molecule has 0 aliphatic carbocycles. The summed E-state index contributed by atoms with van der Waals surface area (Å²) in [6, 6.07) is 13.8. The van der Waals surface area contributed by atoms with E-state index in [1.165, 1.54) is 0 Å². The number of esters is 1. The average molecular weight is 391 g/mol. The molecule has 4 heteroatoms. The van der Waals surface area contributed by atoms with Crippen molar-refractivity contribution in [1.29, 1.82) is 0 Å². The molecular weight excluding hydrogens is 368 g/mol. The van der Waals surface area contributed by atoms with Gasteiger partial charge < -0.3 is 9.47 Å². The van der Waals surface area contributed by atoms with Crippen molar-refractivity contribution in [2.75, 3.05) is 6.61 Å². The highest BCUT2D eigenvalue weighted by Gasteiger charge is 2.19. The first-order chi connectivity index (χ1) is 11.5. The Hall–Kier alpha value is -1.81. The number of carbonyl (C=O) groups excluding carboxylic acids is 1. The van der Waals surface area contributed by atoms with Gasteiger partial charge in [-0.05, 0) is 58.5 Å². The molecule has 0 N–H and O–H groups in total. The van der Waals surface area contributed by atoms with Crippen LogP contribution < -0.4 is 4.74 Å². The molecule has 0 unspecified atom stereocenters. The maximum atomic E-state index is 12.3. The Balaban J connectivity index is 2.31. The van der Waals surface area contributed by atoms with Crippen LogP contribution in [0.15, 0.2) is 46.9 Å². The first-order valence-electron chi connectivity index (χ1n) is 8.17. The summed E-state index contributed by atoms with van der Waals surface area (Å²) in [6.45, 7) is 6.84. The third-order valence-electron chi connectivity index (χ3n) is 3.47. The molecule has 0 saturated carbocycles. The third kappa shape index (κ3) is 5.10. The summed E-state index contributed by atoms with van der Waals surface area (Å²) in [5, 5.41) is 0. The monoisotopic (exact) mass is 390 g/mol. The molecule has 0 amide bonds. The summed E-state index contributed by atoms with van der Waals surface area (Å²) in [6.07, 6.45) is 0.893. The van der Waals surface area contributed by atoms with Gasteiger partial charge in [0, 0.05) is 0 Å². The lowest BCUT2D eigenvalue weighted by Gasteiger charge is -2.15. The van der Waals surface area contributed by atoms with Crippen LogP contribution in [0.1, 0.15) is 42.3 Å². The van der Waals surface area contributed by atoms with Crippen LogP contribution in [0.3, 0.4) is 0 Å². The first kappa shape index (κ1) is 18.5. The number of halogens is 1. The Morgan fingerprint density at radius 1 is 1.12 bits per heavy atom. The van der Waals surface area contributed by atoms with E-state index in [1.54, 1.807) is 6.92 Å². The average Bonchev–Trinajstić information content (AvgIpc) is 2.54. The zero-order valence-electron chi connectivity index (χ0n) is 14.3. The van der Waals surface area contributed by atoms with Gasteiger partial charge in [-0.25, -0.2) is 4.79 Å². The zero-order chi connectivity index (χ0) is 17.5. The topological polar surface area (TPSA) is 35.5 Å². The quantitative estimate of drug-likeness (QED) is 0.593. The Kier molecular flexibility index (Phi) is 6.85. The van der Waals surface area contributed by atoms with Crippen molar-refractivity contribution in [1.82, 2.24) is 0 Å². The van der Waals surface area contributed by atoms with Crippen LogP contribution in [0.5, 0.6) is 5.75 Å². The minimum Gasteiger partial charge on any atom is -0.487 e. The van der Waals surface area contributed by atoms with Crippen LogP contribution in [0.2, 0.25) is 0 Å². The van der Waals surface area contributed by atoms with Gasteiger partial charge in [0.2, 0.25) is 0 Å². The van der Waals surface area contributed by atoms with Crippen molar-refractivity contribution in [3.8, 4) is 5.75 Å². The molecule has 2 aromatic rings. The molecule has 0 saturated heterocycles. The molecule has 0 heterocycles. The predicted molar refractivity (Wildman–Crippen MR) is 99.4 cm³/mol. The van der Waals surface area contributed by atoms with Gasteiger partial charge in [-0.1, -0.05) is 44.2 Å². The van der Waals surface area contributed by atoms with E-state index in [4.69, 9.17) is 9.47 Å². The van der Waals surface area contributed by atoms with Crippen molar-refractivity contribution < 1.29 is 14.3 Å². The van der Waals surface area contributed by atoms with E-state index in [9.17, 15) is 4.79 Å². The molecule has 0 aromatic heterocycles. The van der Waals surface area contributed by atoms with E-state index in [1.807, 2.05) is 42.5 Å². The fourth-order valence-corrected chi connectivity index (χ4v) is 3.10. The molecule has 3 nitrogen and oxygen atoms in total. The molecule has 0 bridgehead atoms. The number of rotatable bonds is 7. The van der Waals surface area contributed by atoms with Crippen LogP contribution in [-0.2, 0) is 17.8 Å². The highest BCUT2D eigenvalue weighted by atomic mass is 79.9. The molecule has 0 aliphatic heterocycles. The highest BCUT2D eigenvalue weighted by molar-refractivity contribution is 9.10. The van der Waals surface area contributed by atoms with E-state index in [2.05, 4.69) is 29.8 Å². The summed E-state index contributed by atoms with van der Waals surface area (Å²) in [5.41, 5.74) is 2.61. The van der Waals surface area contributed by atoms with Crippen molar-refractivity contribution >= 4 is 21.9 Å². The molecule has 128 valence electrons. The van der Waals surface area contributed by atoms with Crippen molar-refractivity contribution in [2.24, 2.45) is 5.92 Å². The SMILES string of the molecule is CCOC(=O)c1cc(CC(C)C)cc(Br)c1OCc1ccccc1. The fraction of sp³-hybridized carbons (Fsp3) is 0.350. The van der Waals surface area contributed by atoms with E-state index in [0.717, 1.165) is 22.0 Å². The Bertz CT molecular complexity index is 681. The molecule has 0 spiro atoms. The third-order valence-corrected chi connectivity index (χ3v) is 4.06. The lowest BCUT2D eigenvalue weighted by Crippen LogP contribution is -2.10. The number of ether oxygens (including phenoxy) is 2. The van der Waals surface area contributed by atoms with Gasteiger partial charge in [0.25, 0.3) is 0 Å². The molecule has 0 fully saturated rings. The maximum absolute atomic E-state index is 12.3. The molecule has 0 atom stereocenters. The number of benzene rings is 2. The van der Waals surface area contributed by atoms with Crippen LogP contribution in [0.25, 0.3) is 0 Å². The summed E-state index contributed by atoms with van der Waals surface area (Å²) >= 11 is 3.55. The van der Waals surface area contributed by atoms with Gasteiger partial charge in [-0.2, -0.15) is 0 Å². The van der Waals surface area contributed by atoms with Crippen LogP contribution in [-0.4, -0.2) is 12.6 Å². The first-order valence-corrected chi connectivity index (χ1v) is 8.96. The molecule has 2 aromatic carbocycles. The number of hydrogen-bond acceptors (Lipinski definition) is 3. The van der Waals surface area contributed by atoms with E-state index < -0.39 is 0 Å². The second kappa shape index (κ2) is 8.88. The van der Waals surface area contributed by atoms with Gasteiger partial charge in [0.1, 0.15) is 17.9 Å². The molecule has 24 heavy (non-hydrogen) atoms. The number of hydrogen-bond donors (Lipinski definition) is 0. The van der Waals surface area contributed by atoms with E-state index in [0.29, 0.717) is 30.4 Å². The largest absolute Gasteiger partial charge is 0.487 e. The van der Waals surface area contributed by atoms with Crippen LogP contribution >= 0.6 is 15.9 Å². The second-order valence-electron chi connectivity index (χ2n) is 6.05. The molecular formula is C20H23BrO3. The molecule has 2 rings (SSSR count). The predicted octanol–water partition coefficient (Wildman–Crippen LogP) is 5.40. The minimum absolute atomic E-state index is 0.336. The van der Waals surface area contributed by atoms with Gasteiger partial charge in [-0.3, -0.25) is 0 Å². The summed E-state index contributed by atoms with van der Waals surface area (Å²) in [4.78, 5) is 12.3. The van der Waals surface area contributed by atoms with Crippen molar-refractivity contribution in [2.45, 2.75) is 33.8 Å². The summed E-state index contributed by atoms with van der Waals surface area (Å²) < 4.78 is 11.9. The summed E-state index contributed by atoms with van der Waals surface area (Å²) in [7, 11) is 0. The van der Waals surface area contributed by atoms with Gasteiger partial charge in [0.05, 0.1) is 11.1 Å². The lowest BCUT2D eigenvalue weighted by atomic mass is 10.0. The normalized spacial score (nSPS) is 10.7. The maximum Gasteiger partial charge on any atom is 0.341 e. The van der Waals surface area contributed by atoms with Crippen LogP contribution in [0, 0.1) is 5.92 Å². The van der Waals surface area contributed by atoms with Gasteiger partial charge >= 0.3 is 5.97 Å². The van der Waals surface area contributed by atoms with E-state index in [-0.39, 0.29) is 5.97 Å². The Morgan fingerprint density at radius 2 is 1.83 bits per heavy atom. The van der Waals surface area contributed by atoms with Gasteiger partial charge in [0.15, 0.2) is 0 Å². The van der Waals surface area contributed by atoms with Crippen molar-refractivity contribution in [3.05, 3.63) is 63.6 Å². The van der Waals surface area contributed by atoms with Crippen molar-refractivity contribution in [3.63, 3.8) is 0 Å². The van der Waals surface area contributed by atoms with Gasteiger partial charge in [-0.15, -0.1) is 0 Å². The number of carbonyl (C=O) groups is 1. The standard InChI is InChI=1S/C20H23BrO3/c1-4-23-20(22)17-11-16(10-14(2)3)12-18(21)19(17)24-13-15-8-6-5-7-9-15/h5-9,11-12,14H,4,10,13H2,1-3H3. The Labute approximate surface area is 152 Å². The fourth-order valence-electron chi connectivity index (χ4n) is 2.48. The zero-order valence-corrected chi connectivity index (χ0v) is 15.9. The second-order valence-corrected chi connectivity index (χ2v) is 6.90. The lowest BCUT2D eigenvalue weighted by molar-refractivity contribution is 0.0521. The summed E-state index contributed by atoms with van der Waals surface area (Å²) in [5.74, 6) is 0.680.